The van der Waals surface area contributed by atoms with Crippen LogP contribution in [0.4, 0.5) is 0 Å². The number of hydrogen-bond donors (Lipinski definition) is 0. The molecule has 3 unspecified atom stereocenters. The lowest BCUT2D eigenvalue weighted by molar-refractivity contribution is -0.254. The summed E-state index contributed by atoms with van der Waals surface area (Å²) in [5.74, 6) is -0.0850. The fourth-order valence-electron chi connectivity index (χ4n) is 6.26. The number of hydrogen-bond acceptors (Lipinski definition) is 10. The van der Waals surface area contributed by atoms with Gasteiger partial charge in [-0.25, -0.2) is 0 Å². The van der Waals surface area contributed by atoms with E-state index in [1.807, 2.05) is 30.3 Å². The van der Waals surface area contributed by atoms with E-state index < -0.39 is 54.4 Å². The van der Waals surface area contributed by atoms with Crippen LogP contribution in [0.25, 0.3) is 0 Å². The molecule has 236 valence electrons. The van der Waals surface area contributed by atoms with Gasteiger partial charge < -0.3 is 28.4 Å². The zero-order valence-corrected chi connectivity index (χ0v) is 25.9. The summed E-state index contributed by atoms with van der Waals surface area (Å²) >= 11 is 6.62. The normalized spacial score (nSPS) is 28.8. The van der Waals surface area contributed by atoms with Crippen LogP contribution >= 0.6 is 11.6 Å². The van der Waals surface area contributed by atoms with Crippen molar-refractivity contribution >= 4 is 35.5 Å². The highest BCUT2D eigenvalue weighted by Gasteiger charge is 2.52. The fraction of sp³-hybridized carbons (Fsp3) is 0.515. The molecule has 1 heterocycles. The summed E-state index contributed by atoms with van der Waals surface area (Å²) in [5.41, 5.74) is 2.36. The molecule has 3 fully saturated rings. The van der Waals surface area contributed by atoms with Crippen molar-refractivity contribution in [3.05, 3.63) is 64.2 Å². The molecule has 44 heavy (non-hydrogen) atoms. The Kier molecular flexibility index (Phi) is 9.80. The van der Waals surface area contributed by atoms with Crippen molar-refractivity contribution in [2.45, 2.75) is 90.0 Å². The molecule has 0 bridgehead atoms. The van der Waals surface area contributed by atoms with Crippen LogP contribution < -0.4 is 4.74 Å². The van der Waals surface area contributed by atoms with Gasteiger partial charge in [-0.1, -0.05) is 35.9 Å². The number of benzene rings is 2. The van der Waals surface area contributed by atoms with Gasteiger partial charge in [0.2, 0.25) is 0 Å². The SMILES string of the molecule is CC(=O)OC[C@H]1OC(c2ccc(Cl)c(Cc3ccc(OC4CC5CC5C4)cc3)c2)[C@H](OC(C)=O)[C@@H](OC(C)=O)[C@@H]1OC(C)=O. The maximum Gasteiger partial charge on any atom is 0.303 e. The van der Waals surface area contributed by atoms with Crippen molar-refractivity contribution in [3.63, 3.8) is 0 Å². The Balaban J connectivity index is 1.41. The lowest BCUT2D eigenvalue weighted by Crippen LogP contribution is -2.59. The number of ether oxygens (including phenoxy) is 6. The molecule has 0 aromatic heterocycles. The molecule has 0 spiro atoms. The van der Waals surface area contributed by atoms with E-state index in [0.29, 0.717) is 17.0 Å². The second-order valence-electron chi connectivity index (χ2n) is 11.8. The van der Waals surface area contributed by atoms with Gasteiger partial charge in [0, 0.05) is 32.7 Å². The van der Waals surface area contributed by atoms with Crippen molar-refractivity contribution in [1.82, 2.24) is 0 Å². The summed E-state index contributed by atoms with van der Waals surface area (Å²) in [6, 6.07) is 13.2. The molecular formula is C33H37ClO10. The van der Waals surface area contributed by atoms with Crippen molar-refractivity contribution < 1.29 is 47.6 Å². The molecular weight excluding hydrogens is 592 g/mol. The third-order valence-electron chi connectivity index (χ3n) is 8.21. The summed E-state index contributed by atoms with van der Waals surface area (Å²) in [4.78, 5) is 48.1. The fourth-order valence-corrected chi connectivity index (χ4v) is 6.44. The average Bonchev–Trinajstić information content (AvgIpc) is 3.56. The minimum absolute atomic E-state index is 0.289. The maximum atomic E-state index is 12.2. The molecule has 7 atom stereocenters. The van der Waals surface area contributed by atoms with Crippen LogP contribution in [0.3, 0.4) is 0 Å². The summed E-state index contributed by atoms with van der Waals surface area (Å²) in [6.07, 6.45) is -1.31. The number of rotatable bonds is 10. The topological polar surface area (TPSA) is 124 Å². The molecule has 0 N–H and O–H groups in total. The Bertz CT molecular complexity index is 1380. The van der Waals surface area contributed by atoms with Gasteiger partial charge >= 0.3 is 23.9 Å². The van der Waals surface area contributed by atoms with Gasteiger partial charge in [-0.2, -0.15) is 0 Å². The molecule has 5 rings (SSSR count). The quantitative estimate of drug-likeness (QED) is 0.265. The molecule has 0 radical (unpaired) electrons. The molecule has 10 nitrogen and oxygen atoms in total. The van der Waals surface area contributed by atoms with Crippen LogP contribution in [0.1, 0.15) is 69.8 Å². The van der Waals surface area contributed by atoms with Gasteiger partial charge in [0.1, 0.15) is 24.6 Å². The molecule has 11 heteroatoms. The van der Waals surface area contributed by atoms with Crippen LogP contribution in [-0.4, -0.2) is 61.0 Å². The first kappa shape index (κ1) is 31.8. The lowest BCUT2D eigenvalue weighted by Gasteiger charge is -2.44. The van der Waals surface area contributed by atoms with E-state index >= 15 is 0 Å². The van der Waals surface area contributed by atoms with Crippen molar-refractivity contribution in [2.24, 2.45) is 11.8 Å². The van der Waals surface area contributed by atoms with E-state index in [-0.39, 0.29) is 12.7 Å². The minimum atomic E-state index is -1.25. The molecule has 1 aliphatic heterocycles. The summed E-state index contributed by atoms with van der Waals surface area (Å²) in [7, 11) is 0. The Hall–Kier alpha value is -3.63. The number of carbonyl (C=O) groups excluding carboxylic acids is 4. The van der Waals surface area contributed by atoms with E-state index in [9.17, 15) is 19.2 Å². The minimum Gasteiger partial charge on any atom is -0.490 e. The van der Waals surface area contributed by atoms with Gasteiger partial charge in [-0.15, -0.1) is 0 Å². The number of halogens is 1. The Morgan fingerprint density at radius 2 is 1.39 bits per heavy atom. The predicted octanol–water partition coefficient (Wildman–Crippen LogP) is 4.91. The second kappa shape index (κ2) is 13.6. The smallest absolute Gasteiger partial charge is 0.303 e. The van der Waals surface area contributed by atoms with E-state index in [1.54, 1.807) is 12.1 Å². The first-order valence-corrected chi connectivity index (χ1v) is 15.2. The largest absolute Gasteiger partial charge is 0.490 e. The molecule has 2 aliphatic carbocycles. The van der Waals surface area contributed by atoms with E-state index in [0.717, 1.165) is 41.6 Å². The maximum absolute atomic E-state index is 12.2. The summed E-state index contributed by atoms with van der Waals surface area (Å²) < 4.78 is 34.4. The van der Waals surface area contributed by atoms with Crippen LogP contribution in [0.5, 0.6) is 5.75 Å². The second-order valence-corrected chi connectivity index (χ2v) is 12.2. The molecule has 2 saturated carbocycles. The van der Waals surface area contributed by atoms with E-state index in [2.05, 4.69) is 0 Å². The highest BCUT2D eigenvalue weighted by molar-refractivity contribution is 6.31. The van der Waals surface area contributed by atoms with Gasteiger partial charge in [-0.05, 0) is 72.4 Å². The van der Waals surface area contributed by atoms with Gasteiger partial charge in [0.25, 0.3) is 0 Å². The third-order valence-corrected chi connectivity index (χ3v) is 8.58. The Morgan fingerprint density at radius 1 is 0.773 bits per heavy atom. The summed E-state index contributed by atoms with van der Waals surface area (Å²) in [6.45, 7) is 4.51. The van der Waals surface area contributed by atoms with Gasteiger partial charge in [-0.3, -0.25) is 19.2 Å². The summed E-state index contributed by atoms with van der Waals surface area (Å²) in [5, 5.41) is 0.518. The van der Waals surface area contributed by atoms with Crippen LogP contribution in [0.2, 0.25) is 5.02 Å². The first-order valence-electron chi connectivity index (χ1n) is 14.8. The van der Waals surface area contributed by atoms with Gasteiger partial charge in [0.15, 0.2) is 18.3 Å². The van der Waals surface area contributed by atoms with Crippen LogP contribution in [0.15, 0.2) is 42.5 Å². The van der Waals surface area contributed by atoms with Crippen LogP contribution in [-0.2, 0) is 49.3 Å². The zero-order valence-electron chi connectivity index (χ0n) is 25.2. The number of carbonyl (C=O) groups is 4. The molecule has 2 aromatic carbocycles. The standard InChI is InChI=1S/C33H37ClO10/c1-17(35)39-16-29-31(40-18(2)36)33(42-20(4)38)32(41-19(3)37)30(44-29)22-7-10-28(34)25(12-22)11-21-5-8-26(9-6-21)43-27-14-23-13-24(23)15-27/h5-10,12,23-24,27,29-33H,11,13-16H2,1-4H3/t23?,24?,27?,29-,30?,31-,32+,33+/m1/s1. The predicted molar refractivity (Wildman–Crippen MR) is 157 cm³/mol. The molecule has 1 saturated heterocycles. The van der Waals surface area contributed by atoms with Crippen LogP contribution in [0, 0.1) is 11.8 Å². The number of esters is 4. The van der Waals surface area contributed by atoms with Crippen molar-refractivity contribution in [2.75, 3.05) is 6.61 Å². The third kappa shape index (κ3) is 7.90. The molecule has 0 amide bonds. The highest BCUT2D eigenvalue weighted by atomic mass is 35.5. The average molecular weight is 629 g/mol. The lowest BCUT2D eigenvalue weighted by atomic mass is 9.89. The molecule has 3 aliphatic rings. The zero-order chi connectivity index (χ0) is 31.5. The van der Waals surface area contributed by atoms with E-state index in [1.165, 1.54) is 34.1 Å². The van der Waals surface area contributed by atoms with Crippen molar-refractivity contribution in [3.8, 4) is 5.75 Å². The monoisotopic (exact) mass is 628 g/mol. The first-order chi connectivity index (χ1) is 21.0. The van der Waals surface area contributed by atoms with Crippen molar-refractivity contribution in [1.29, 1.82) is 0 Å². The number of fused-ring (bicyclic) bond motifs is 1. The van der Waals surface area contributed by atoms with E-state index in [4.69, 9.17) is 40.0 Å². The molecule has 2 aromatic rings. The Labute approximate surface area is 261 Å². The Morgan fingerprint density at radius 3 is 2.00 bits per heavy atom. The van der Waals surface area contributed by atoms with Gasteiger partial charge in [0.05, 0.1) is 6.10 Å². The highest BCUT2D eigenvalue weighted by Crippen LogP contribution is 2.52.